The third-order valence-corrected chi connectivity index (χ3v) is 4.22. The van der Waals surface area contributed by atoms with E-state index in [-0.39, 0.29) is 0 Å². The largest absolute Gasteiger partial charge is 0.496 e. The van der Waals surface area contributed by atoms with Gasteiger partial charge in [0.05, 0.1) is 7.11 Å². The molecule has 17 heavy (non-hydrogen) atoms. The van der Waals surface area contributed by atoms with E-state index in [1.807, 2.05) is 20.8 Å². The first-order valence-corrected chi connectivity index (χ1v) is 6.00. The van der Waals surface area contributed by atoms with Crippen molar-refractivity contribution in [2.45, 2.75) is 26.8 Å². The molecule has 0 aliphatic heterocycles. The SMILES string of the molecule is COc1c(C)c(C)c(Br)c(C)c1C(N)C(N)=O. The minimum Gasteiger partial charge on any atom is -0.496 e. The Hall–Kier alpha value is -1.07. The molecule has 0 radical (unpaired) electrons. The molecule has 0 saturated carbocycles. The van der Waals surface area contributed by atoms with Gasteiger partial charge in [0, 0.05) is 10.0 Å². The fourth-order valence-electron chi connectivity index (χ4n) is 1.89. The molecule has 1 atom stereocenters. The van der Waals surface area contributed by atoms with E-state index in [0.717, 1.165) is 21.2 Å². The second kappa shape index (κ2) is 5.06. The Bertz CT molecular complexity index is 472. The molecular weight excluding hydrogens is 284 g/mol. The number of benzene rings is 1. The molecule has 5 heteroatoms. The Morgan fingerprint density at radius 2 is 1.76 bits per heavy atom. The van der Waals surface area contributed by atoms with Crippen LogP contribution in [0.1, 0.15) is 28.3 Å². The van der Waals surface area contributed by atoms with Gasteiger partial charge in [0.2, 0.25) is 5.91 Å². The molecule has 1 amide bonds. The number of ether oxygens (including phenoxy) is 1. The maximum atomic E-state index is 11.3. The highest BCUT2D eigenvalue weighted by atomic mass is 79.9. The summed E-state index contributed by atoms with van der Waals surface area (Å²) in [4.78, 5) is 11.3. The van der Waals surface area contributed by atoms with Crippen molar-refractivity contribution in [3.63, 3.8) is 0 Å². The van der Waals surface area contributed by atoms with Crippen LogP contribution in [0.25, 0.3) is 0 Å². The Labute approximate surface area is 109 Å². The number of primary amides is 1. The fraction of sp³-hybridized carbons (Fsp3) is 0.417. The molecular formula is C12H17BrN2O2. The zero-order valence-electron chi connectivity index (χ0n) is 10.4. The molecule has 0 aliphatic carbocycles. The van der Waals surface area contributed by atoms with Gasteiger partial charge in [-0.25, -0.2) is 0 Å². The minimum atomic E-state index is -0.861. The summed E-state index contributed by atoms with van der Waals surface area (Å²) in [6.07, 6.45) is 0. The van der Waals surface area contributed by atoms with Gasteiger partial charge in [-0.2, -0.15) is 0 Å². The van der Waals surface area contributed by atoms with Crippen molar-refractivity contribution in [2.24, 2.45) is 11.5 Å². The smallest absolute Gasteiger partial charge is 0.239 e. The van der Waals surface area contributed by atoms with Gasteiger partial charge in [-0.3, -0.25) is 4.79 Å². The first kappa shape index (κ1) is 14.0. The van der Waals surface area contributed by atoms with E-state index < -0.39 is 11.9 Å². The van der Waals surface area contributed by atoms with Gasteiger partial charge in [-0.05, 0) is 37.5 Å². The van der Waals surface area contributed by atoms with Crippen LogP contribution in [0, 0.1) is 20.8 Å². The van der Waals surface area contributed by atoms with E-state index in [4.69, 9.17) is 16.2 Å². The molecule has 0 saturated heterocycles. The fourth-order valence-corrected chi connectivity index (χ4v) is 2.40. The summed E-state index contributed by atoms with van der Waals surface area (Å²) in [5, 5.41) is 0. The van der Waals surface area contributed by atoms with Gasteiger partial charge in [0.15, 0.2) is 0 Å². The summed E-state index contributed by atoms with van der Waals surface area (Å²) in [7, 11) is 1.56. The number of nitrogens with two attached hydrogens (primary N) is 2. The van der Waals surface area contributed by atoms with Crippen molar-refractivity contribution in [1.82, 2.24) is 0 Å². The highest BCUT2D eigenvalue weighted by Crippen LogP contribution is 2.38. The highest BCUT2D eigenvalue weighted by molar-refractivity contribution is 9.10. The van der Waals surface area contributed by atoms with Crippen molar-refractivity contribution in [3.8, 4) is 5.75 Å². The summed E-state index contributed by atoms with van der Waals surface area (Å²) < 4.78 is 6.29. The Morgan fingerprint density at radius 1 is 1.24 bits per heavy atom. The van der Waals surface area contributed by atoms with Gasteiger partial charge in [0.25, 0.3) is 0 Å². The first-order chi connectivity index (χ1) is 7.82. The van der Waals surface area contributed by atoms with Gasteiger partial charge >= 0.3 is 0 Å². The van der Waals surface area contributed by atoms with Crippen molar-refractivity contribution in [1.29, 1.82) is 0 Å². The summed E-state index contributed by atoms with van der Waals surface area (Å²) in [5.74, 6) is 0.0658. The molecule has 94 valence electrons. The molecule has 4 N–H and O–H groups in total. The number of rotatable bonds is 3. The molecule has 0 heterocycles. The maximum Gasteiger partial charge on any atom is 0.239 e. The number of methoxy groups -OCH3 is 1. The first-order valence-electron chi connectivity index (χ1n) is 5.20. The van der Waals surface area contributed by atoms with Crippen LogP contribution in [0.5, 0.6) is 5.75 Å². The summed E-state index contributed by atoms with van der Waals surface area (Å²) >= 11 is 3.50. The summed E-state index contributed by atoms with van der Waals surface area (Å²) in [6, 6.07) is -0.861. The van der Waals surface area contributed by atoms with Crippen LogP contribution in [0.3, 0.4) is 0 Å². The van der Waals surface area contributed by atoms with Crippen LogP contribution in [-0.2, 0) is 4.79 Å². The molecule has 1 aromatic carbocycles. The van der Waals surface area contributed by atoms with Crippen LogP contribution in [0.4, 0.5) is 0 Å². The monoisotopic (exact) mass is 300 g/mol. The number of hydrogen-bond acceptors (Lipinski definition) is 3. The third-order valence-electron chi connectivity index (χ3n) is 3.03. The van der Waals surface area contributed by atoms with E-state index in [0.29, 0.717) is 11.3 Å². The number of hydrogen-bond donors (Lipinski definition) is 2. The number of carbonyl (C=O) groups is 1. The van der Waals surface area contributed by atoms with Crippen LogP contribution in [0.15, 0.2) is 4.47 Å². The van der Waals surface area contributed by atoms with Gasteiger partial charge in [-0.15, -0.1) is 0 Å². The lowest BCUT2D eigenvalue weighted by Crippen LogP contribution is -2.29. The molecule has 4 nitrogen and oxygen atoms in total. The van der Waals surface area contributed by atoms with Gasteiger partial charge < -0.3 is 16.2 Å². The Kier molecular flexibility index (Phi) is 4.16. The molecule has 0 aromatic heterocycles. The molecule has 0 bridgehead atoms. The lowest BCUT2D eigenvalue weighted by Gasteiger charge is -2.21. The average molecular weight is 301 g/mol. The van der Waals surface area contributed by atoms with E-state index in [2.05, 4.69) is 15.9 Å². The lowest BCUT2D eigenvalue weighted by molar-refractivity contribution is -0.119. The van der Waals surface area contributed by atoms with E-state index in [1.165, 1.54) is 0 Å². The zero-order chi connectivity index (χ0) is 13.3. The number of carbonyl (C=O) groups excluding carboxylic acids is 1. The topological polar surface area (TPSA) is 78.3 Å². The van der Waals surface area contributed by atoms with Crippen molar-refractivity contribution in [2.75, 3.05) is 7.11 Å². The summed E-state index contributed by atoms with van der Waals surface area (Å²) in [6.45, 7) is 5.79. The molecule has 0 fully saturated rings. The quantitative estimate of drug-likeness (QED) is 0.894. The lowest BCUT2D eigenvalue weighted by atomic mass is 9.94. The Morgan fingerprint density at radius 3 is 2.18 bits per heavy atom. The molecule has 0 aliphatic rings. The van der Waals surface area contributed by atoms with Crippen LogP contribution in [-0.4, -0.2) is 13.0 Å². The molecule has 0 spiro atoms. The molecule has 1 unspecified atom stereocenters. The third kappa shape index (κ3) is 2.30. The molecule has 1 aromatic rings. The van der Waals surface area contributed by atoms with E-state index in [9.17, 15) is 4.79 Å². The predicted molar refractivity (Wildman–Crippen MR) is 71.0 cm³/mol. The Balaban J connectivity index is 3.63. The van der Waals surface area contributed by atoms with Gasteiger partial charge in [-0.1, -0.05) is 15.9 Å². The van der Waals surface area contributed by atoms with Crippen molar-refractivity contribution >= 4 is 21.8 Å². The molecule has 1 rings (SSSR count). The average Bonchev–Trinajstić information content (AvgIpc) is 2.29. The van der Waals surface area contributed by atoms with Crippen molar-refractivity contribution in [3.05, 3.63) is 26.7 Å². The highest BCUT2D eigenvalue weighted by Gasteiger charge is 2.24. The van der Waals surface area contributed by atoms with E-state index >= 15 is 0 Å². The second-order valence-electron chi connectivity index (χ2n) is 4.02. The van der Waals surface area contributed by atoms with Crippen LogP contribution in [0.2, 0.25) is 0 Å². The maximum absolute atomic E-state index is 11.3. The second-order valence-corrected chi connectivity index (χ2v) is 4.81. The summed E-state index contributed by atoms with van der Waals surface area (Å²) in [5.41, 5.74) is 14.6. The number of amides is 1. The number of halogens is 1. The zero-order valence-corrected chi connectivity index (χ0v) is 12.0. The minimum absolute atomic E-state index is 0.568. The normalized spacial score (nSPS) is 12.4. The predicted octanol–water partition coefficient (Wildman–Crippen LogP) is 1.87. The van der Waals surface area contributed by atoms with Crippen LogP contribution >= 0.6 is 15.9 Å². The standard InChI is InChI=1S/C12H17BrN2O2/c1-5-6(2)11(17-4)8(7(3)9(5)13)10(14)12(15)16/h10H,14H2,1-4H3,(H2,15,16). The van der Waals surface area contributed by atoms with Crippen molar-refractivity contribution < 1.29 is 9.53 Å². The van der Waals surface area contributed by atoms with E-state index in [1.54, 1.807) is 7.11 Å². The van der Waals surface area contributed by atoms with Gasteiger partial charge in [0.1, 0.15) is 11.8 Å². The van der Waals surface area contributed by atoms with Crippen LogP contribution < -0.4 is 16.2 Å².